The molecule has 0 radical (unpaired) electrons. The molecule has 0 saturated heterocycles. The van der Waals surface area contributed by atoms with Gasteiger partial charge in [0.25, 0.3) is 0 Å². The van der Waals surface area contributed by atoms with Gasteiger partial charge in [-0.3, -0.25) is 14.4 Å². The number of carboxylic acids is 1. The third kappa shape index (κ3) is 3.44. The Hall–Kier alpha value is -1.57. The summed E-state index contributed by atoms with van der Waals surface area (Å²) in [5, 5.41) is 44.6. The van der Waals surface area contributed by atoms with Gasteiger partial charge in [-0.1, -0.05) is 38.7 Å². The Labute approximate surface area is 207 Å². The average Bonchev–Trinajstić information content (AvgIpc) is 3.09. The van der Waals surface area contributed by atoms with Crippen LogP contribution in [-0.4, -0.2) is 55.8 Å². The lowest BCUT2D eigenvalue weighted by atomic mass is 9.43. The molecule has 2 unspecified atom stereocenters. The molecule has 4 N–H and O–H groups in total. The molecule has 35 heavy (non-hydrogen) atoms. The van der Waals surface area contributed by atoms with Gasteiger partial charge in [0.2, 0.25) is 0 Å². The lowest BCUT2D eigenvalue weighted by molar-refractivity contribution is -0.193. The third-order valence-electron chi connectivity index (χ3n) is 11.3. The van der Waals surface area contributed by atoms with Crippen LogP contribution in [0.1, 0.15) is 84.5 Å². The maximum absolute atomic E-state index is 13.7. The molecule has 9 atom stereocenters. The zero-order chi connectivity index (χ0) is 25.3. The molecule has 0 aromatic heterocycles. The summed E-state index contributed by atoms with van der Waals surface area (Å²) in [6.45, 7) is 3.79. The number of aliphatic carboxylic acids is 1. The molecule has 0 aromatic carbocycles. The van der Waals surface area contributed by atoms with Crippen LogP contribution in [0.3, 0.4) is 0 Å². The largest absolute Gasteiger partial charge is 0.481 e. The summed E-state index contributed by atoms with van der Waals surface area (Å²) in [6.07, 6.45) is 6.42. The van der Waals surface area contributed by atoms with Gasteiger partial charge in [0.05, 0.1) is 12.0 Å². The molecule has 4 saturated carbocycles. The minimum atomic E-state index is -1.70. The number of aliphatic hydroxyl groups is 3. The number of carboxylic acid groups (broad SMARTS) is 1. The van der Waals surface area contributed by atoms with Crippen molar-refractivity contribution in [1.29, 1.82) is 0 Å². The van der Waals surface area contributed by atoms with E-state index < -0.39 is 46.3 Å². The predicted molar refractivity (Wildman–Crippen MR) is 127 cm³/mol. The van der Waals surface area contributed by atoms with Gasteiger partial charge in [0.1, 0.15) is 11.7 Å². The maximum Gasteiger partial charge on any atom is 0.307 e. The highest BCUT2D eigenvalue weighted by Gasteiger charge is 2.70. The molecule has 0 aromatic rings. The first-order chi connectivity index (χ1) is 16.4. The second kappa shape index (κ2) is 8.49. The number of allylic oxidation sites excluding steroid dienone is 1. The van der Waals surface area contributed by atoms with Gasteiger partial charge >= 0.3 is 5.97 Å². The van der Waals surface area contributed by atoms with E-state index in [9.17, 15) is 34.8 Å². The van der Waals surface area contributed by atoms with Crippen molar-refractivity contribution >= 4 is 17.5 Å². The van der Waals surface area contributed by atoms with Crippen LogP contribution in [0.2, 0.25) is 0 Å². The number of hydrogen-bond donors (Lipinski definition) is 4. The number of rotatable bonds is 4. The number of ketones is 2. The van der Waals surface area contributed by atoms with Crippen LogP contribution in [0.15, 0.2) is 11.6 Å². The zero-order valence-electron chi connectivity index (χ0n) is 20.9. The number of carbonyl (C=O) groups is 3. The molecular formula is C28H40O7. The zero-order valence-corrected chi connectivity index (χ0v) is 20.9. The fraction of sp³-hybridized carbons (Fsp3) is 0.821. The van der Waals surface area contributed by atoms with Crippen molar-refractivity contribution in [3.8, 4) is 0 Å². The van der Waals surface area contributed by atoms with Gasteiger partial charge in [0, 0.05) is 17.3 Å². The SMILES string of the molecule is C[C@]12C[C@H](O)[C@H]3[C@@H](CCC4=CC(=O)CC(C(=O)O)[C@@]43C)[C@@H]1CC[C@]2(O)C(=O)C(O)C1CCCCC1. The molecule has 0 aliphatic heterocycles. The number of fused-ring (bicyclic) bond motifs is 5. The van der Waals surface area contributed by atoms with Crippen molar-refractivity contribution in [3.63, 3.8) is 0 Å². The van der Waals surface area contributed by atoms with E-state index in [0.717, 1.165) is 37.7 Å². The van der Waals surface area contributed by atoms with E-state index in [1.807, 2.05) is 13.8 Å². The van der Waals surface area contributed by atoms with E-state index >= 15 is 0 Å². The number of aliphatic hydroxyl groups excluding tert-OH is 2. The Balaban J connectivity index is 1.48. The Morgan fingerprint density at radius 1 is 1.09 bits per heavy atom. The van der Waals surface area contributed by atoms with Crippen LogP contribution in [0.5, 0.6) is 0 Å². The summed E-state index contributed by atoms with van der Waals surface area (Å²) in [6, 6.07) is 0. The highest BCUT2D eigenvalue weighted by atomic mass is 16.4. The van der Waals surface area contributed by atoms with E-state index in [2.05, 4.69) is 0 Å². The number of hydrogen-bond acceptors (Lipinski definition) is 6. The number of carbonyl (C=O) groups excluding carboxylic acids is 2. The third-order valence-corrected chi connectivity index (χ3v) is 11.3. The lowest BCUT2D eigenvalue weighted by Crippen LogP contribution is -2.64. The first-order valence-corrected chi connectivity index (χ1v) is 13.5. The Bertz CT molecular complexity index is 951. The molecule has 7 heteroatoms. The van der Waals surface area contributed by atoms with Crippen LogP contribution < -0.4 is 0 Å². The van der Waals surface area contributed by atoms with Crippen LogP contribution in [0, 0.1) is 40.4 Å². The molecule has 5 rings (SSSR count). The molecule has 0 heterocycles. The van der Waals surface area contributed by atoms with Crippen LogP contribution in [0.4, 0.5) is 0 Å². The standard InChI is InChI=1S/C28H40O7/c1-26-14-21(30)22-18(9-8-16-12-17(29)13-20(25(33)34)27(16,22)2)19(26)10-11-28(26,35)24(32)23(31)15-6-4-3-5-7-15/h12,15,18-23,30-31,35H,3-11,13-14H2,1-2H3,(H,33,34)/t18-,19-,20?,21-,22+,23?,26-,27+,28-/m0/s1. The summed E-state index contributed by atoms with van der Waals surface area (Å²) in [4.78, 5) is 38.2. The Kier molecular flexibility index (Phi) is 6.09. The number of Topliss-reactive ketones (excluding diaryl/α,β-unsaturated/α-hetero) is 1. The highest BCUT2D eigenvalue weighted by molar-refractivity contribution is 5.95. The second-order valence-corrected chi connectivity index (χ2v) is 12.6. The maximum atomic E-state index is 13.7. The molecular weight excluding hydrogens is 448 g/mol. The van der Waals surface area contributed by atoms with Gasteiger partial charge in [-0.05, 0) is 74.7 Å². The van der Waals surface area contributed by atoms with Crippen molar-refractivity contribution in [2.75, 3.05) is 0 Å². The normalized spacial score (nSPS) is 46.7. The molecule has 7 nitrogen and oxygen atoms in total. The first kappa shape index (κ1) is 25.1. The van der Waals surface area contributed by atoms with E-state index in [1.54, 1.807) is 6.08 Å². The molecule has 0 spiro atoms. The summed E-state index contributed by atoms with van der Waals surface area (Å²) in [5.41, 5.74) is -2.61. The Morgan fingerprint density at radius 3 is 2.43 bits per heavy atom. The molecule has 4 fully saturated rings. The van der Waals surface area contributed by atoms with Crippen LogP contribution >= 0.6 is 0 Å². The molecule has 0 bridgehead atoms. The van der Waals surface area contributed by atoms with Crippen LogP contribution in [-0.2, 0) is 14.4 Å². The molecule has 5 aliphatic rings. The van der Waals surface area contributed by atoms with Crippen molar-refractivity contribution in [2.45, 2.75) is 102 Å². The second-order valence-electron chi connectivity index (χ2n) is 12.6. The van der Waals surface area contributed by atoms with Crippen LogP contribution in [0.25, 0.3) is 0 Å². The smallest absolute Gasteiger partial charge is 0.307 e. The summed E-state index contributed by atoms with van der Waals surface area (Å²) >= 11 is 0. The molecule has 5 aliphatic carbocycles. The van der Waals surface area contributed by atoms with Gasteiger partial charge in [0.15, 0.2) is 11.6 Å². The van der Waals surface area contributed by atoms with Crippen molar-refractivity contribution in [2.24, 2.45) is 40.4 Å². The minimum Gasteiger partial charge on any atom is -0.481 e. The van der Waals surface area contributed by atoms with Gasteiger partial charge < -0.3 is 20.4 Å². The van der Waals surface area contributed by atoms with E-state index in [-0.39, 0.29) is 48.7 Å². The van der Waals surface area contributed by atoms with Gasteiger partial charge in [-0.25, -0.2) is 0 Å². The average molecular weight is 489 g/mol. The quantitative estimate of drug-likeness (QED) is 0.478. The topological polar surface area (TPSA) is 132 Å². The fourth-order valence-corrected chi connectivity index (χ4v) is 9.42. The van der Waals surface area contributed by atoms with Gasteiger partial charge in [-0.2, -0.15) is 0 Å². The molecule has 0 amide bonds. The van der Waals surface area contributed by atoms with Crippen molar-refractivity contribution in [3.05, 3.63) is 11.6 Å². The Morgan fingerprint density at radius 2 is 1.77 bits per heavy atom. The minimum absolute atomic E-state index is 0.0606. The monoisotopic (exact) mass is 488 g/mol. The fourth-order valence-electron chi connectivity index (χ4n) is 9.42. The summed E-state index contributed by atoms with van der Waals surface area (Å²) in [7, 11) is 0. The van der Waals surface area contributed by atoms with E-state index in [4.69, 9.17) is 0 Å². The predicted octanol–water partition coefficient (Wildman–Crippen LogP) is 3.04. The van der Waals surface area contributed by atoms with Crippen molar-refractivity contribution in [1.82, 2.24) is 0 Å². The first-order valence-electron chi connectivity index (χ1n) is 13.5. The lowest BCUT2D eigenvalue weighted by Gasteiger charge is -2.61. The van der Waals surface area contributed by atoms with Gasteiger partial charge in [-0.15, -0.1) is 0 Å². The summed E-state index contributed by atoms with van der Waals surface area (Å²) in [5.74, 6) is -3.16. The molecule has 194 valence electrons. The van der Waals surface area contributed by atoms with E-state index in [1.165, 1.54) is 0 Å². The van der Waals surface area contributed by atoms with E-state index in [0.29, 0.717) is 19.3 Å². The van der Waals surface area contributed by atoms with Crippen molar-refractivity contribution < 1.29 is 34.8 Å². The highest BCUT2D eigenvalue weighted by Crippen LogP contribution is 2.68. The summed E-state index contributed by atoms with van der Waals surface area (Å²) < 4.78 is 0.